The van der Waals surface area contributed by atoms with Crippen LogP contribution in [0.5, 0.6) is 0 Å². The minimum Gasteiger partial charge on any atom is -0.316 e. The van der Waals surface area contributed by atoms with Crippen molar-refractivity contribution < 1.29 is 12.8 Å². The maximum Gasteiger partial charge on any atom is 0.195 e. The van der Waals surface area contributed by atoms with Crippen molar-refractivity contribution in [3.8, 4) is 0 Å². The van der Waals surface area contributed by atoms with Crippen LogP contribution in [0.15, 0.2) is 47.4 Å². The van der Waals surface area contributed by atoms with Crippen LogP contribution in [0.4, 0.5) is 4.39 Å². The third kappa shape index (κ3) is 4.50. The number of rotatable bonds is 4. The van der Waals surface area contributed by atoms with Gasteiger partial charge in [0.25, 0.3) is 0 Å². The topological polar surface area (TPSA) is 49.4 Å². The molecule has 7 heteroatoms. The molecule has 2 aromatic carbocycles. The molecule has 158 valence electrons. The lowest BCUT2D eigenvalue weighted by Gasteiger charge is -2.40. The molecule has 0 spiro atoms. The average molecular weight is 439 g/mol. The first-order valence-electron chi connectivity index (χ1n) is 9.98. The number of halogens is 2. The van der Waals surface area contributed by atoms with Crippen LogP contribution in [-0.2, 0) is 22.8 Å². The fourth-order valence-corrected chi connectivity index (χ4v) is 6.98. The molecule has 1 saturated heterocycles. The van der Waals surface area contributed by atoms with Gasteiger partial charge in [-0.25, -0.2) is 12.8 Å². The van der Waals surface area contributed by atoms with Gasteiger partial charge < -0.3 is 5.32 Å². The molecule has 0 aromatic heterocycles. The normalized spacial score (nSPS) is 21.1. The fourth-order valence-electron chi connectivity index (χ4n) is 4.62. The molecule has 2 unspecified atom stereocenters. The summed E-state index contributed by atoms with van der Waals surface area (Å²) < 4.78 is 41.5. The highest BCUT2D eigenvalue weighted by Crippen LogP contribution is 2.33. The number of nitrogens with zero attached hydrogens (tertiary/aromatic N) is 1. The third-order valence-corrected chi connectivity index (χ3v) is 8.40. The van der Waals surface area contributed by atoms with Gasteiger partial charge in [0.05, 0.1) is 4.90 Å². The summed E-state index contributed by atoms with van der Waals surface area (Å²) in [5.74, 6) is -0.514. The molecule has 0 aliphatic carbocycles. The predicted octanol–water partition coefficient (Wildman–Crippen LogP) is 3.71. The van der Waals surface area contributed by atoms with Crippen molar-refractivity contribution in [3.05, 3.63) is 65.0 Å². The first-order valence-corrected chi connectivity index (χ1v) is 11.5. The fraction of sp³-hybridized carbons (Fsp3) is 0.455. The van der Waals surface area contributed by atoms with Crippen molar-refractivity contribution in [1.82, 2.24) is 10.2 Å². The molecule has 0 saturated carbocycles. The van der Waals surface area contributed by atoms with Crippen molar-refractivity contribution in [2.75, 3.05) is 19.6 Å². The average Bonchev–Trinajstić information content (AvgIpc) is 2.70. The first-order chi connectivity index (χ1) is 13.5. The Balaban J connectivity index is 0.00000240. The summed E-state index contributed by atoms with van der Waals surface area (Å²) in [6, 6.07) is 12.3. The van der Waals surface area contributed by atoms with Crippen LogP contribution >= 0.6 is 12.4 Å². The SMILES string of the molecule is Cc1ccc(F)cc1S(=O)(=O)C(C1CCCNC1)N1CCc2ccccc2C1.Cl. The Hall–Kier alpha value is -1.47. The highest BCUT2D eigenvalue weighted by molar-refractivity contribution is 7.92. The van der Waals surface area contributed by atoms with E-state index in [0.717, 1.165) is 25.8 Å². The molecule has 2 heterocycles. The molecule has 1 fully saturated rings. The zero-order chi connectivity index (χ0) is 19.7. The van der Waals surface area contributed by atoms with Gasteiger partial charge in [0.15, 0.2) is 9.84 Å². The van der Waals surface area contributed by atoms with Crippen molar-refractivity contribution >= 4 is 22.2 Å². The van der Waals surface area contributed by atoms with Gasteiger partial charge in [-0.2, -0.15) is 0 Å². The Morgan fingerprint density at radius 1 is 1.17 bits per heavy atom. The second-order valence-electron chi connectivity index (χ2n) is 7.94. The van der Waals surface area contributed by atoms with Crippen LogP contribution in [0.2, 0.25) is 0 Å². The molecule has 0 bridgehead atoms. The number of hydrogen-bond donors (Lipinski definition) is 1. The third-order valence-electron chi connectivity index (χ3n) is 6.03. The van der Waals surface area contributed by atoms with Crippen molar-refractivity contribution in [3.63, 3.8) is 0 Å². The number of nitrogens with one attached hydrogen (secondary N) is 1. The molecular weight excluding hydrogens is 411 g/mol. The van der Waals surface area contributed by atoms with E-state index in [2.05, 4.69) is 22.3 Å². The van der Waals surface area contributed by atoms with Gasteiger partial charge in [0, 0.05) is 25.6 Å². The summed E-state index contributed by atoms with van der Waals surface area (Å²) in [6.45, 7) is 4.66. The molecule has 0 amide bonds. The number of benzene rings is 2. The highest BCUT2D eigenvalue weighted by Gasteiger charge is 2.41. The van der Waals surface area contributed by atoms with E-state index in [9.17, 15) is 12.8 Å². The number of piperidine rings is 1. The minimum absolute atomic E-state index is 0. The van der Waals surface area contributed by atoms with Gasteiger partial charge >= 0.3 is 0 Å². The monoisotopic (exact) mass is 438 g/mol. The Labute approximate surface area is 178 Å². The lowest BCUT2D eigenvalue weighted by atomic mass is 9.95. The number of fused-ring (bicyclic) bond motifs is 1. The van der Waals surface area contributed by atoms with Gasteiger partial charge in [-0.15, -0.1) is 12.4 Å². The number of aryl methyl sites for hydroxylation is 1. The maximum absolute atomic E-state index is 13.9. The van der Waals surface area contributed by atoms with E-state index in [1.165, 1.54) is 23.3 Å². The van der Waals surface area contributed by atoms with Crippen molar-refractivity contribution in [1.29, 1.82) is 0 Å². The van der Waals surface area contributed by atoms with Crippen LogP contribution in [0.3, 0.4) is 0 Å². The van der Waals surface area contributed by atoms with E-state index in [4.69, 9.17) is 0 Å². The zero-order valence-corrected chi connectivity index (χ0v) is 18.2. The van der Waals surface area contributed by atoms with E-state index in [0.29, 0.717) is 25.2 Å². The van der Waals surface area contributed by atoms with Crippen LogP contribution in [0.25, 0.3) is 0 Å². The van der Waals surface area contributed by atoms with Crippen LogP contribution in [-0.4, -0.2) is 38.3 Å². The Morgan fingerprint density at radius 2 is 1.93 bits per heavy atom. The van der Waals surface area contributed by atoms with E-state index in [1.807, 2.05) is 12.1 Å². The Kier molecular flexibility index (Phi) is 6.99. The minimum atomic E-state index is -3.71. The first kappa shape index (κ1) is 22.2. The molecule has 4 nitrogen and oxygen atoms in total. The van der Waals surface area contributed by atoms with Gasteiger partial charge in [-0.05, 0) is 61.6 Å². The molecule has 2 aromatic rings. The molecule has 1 N–H and O–H groups in total. The number of hydrogen-bond acceptors (Lipinski definition) is 4. The van der Waals surface area contributed by atoms with E-state index >= 15 is 0 Å². The van der Waals surface area contributed by atoms with Crippen molar-refractivity contribution in [2.45, 2.75) is 43.0 Å². The summed E-state index contributed by atoms with van der Waals surface area (Å²) in [4.78, 5) is 2.22. The van der Waals surface area contributed by atoms with E-state index in [1.54, 1.807) is 13.0 Å². The van der Waals surface area contributed by atoms with Crippen LogP contribution in [0, 0.1) is 18.7 Å². The lowest BCUT2D eigenvalue weighted by molar-refractivity contribution is 0.162. The van der Waals surface area contributed by atoms with Crippen molar-refractivity contribution in [2.24, 2.45) is 5.92 Å². The predicted molar refractivity (Wildman–Crippen MR) is 116 cm³/mol. The molecular formula is C22H28ClFN2O2S. The van der Waals surface area contributed by atoms with E-state index < -0.39 is 21.0 Å². The molecule has 2 atom stereocenters. The largest absolute Gasteiger partial charge is 0.316 e. The smallest absolute Gasteiger partial charge is 0.195 e. The lowest BCUT2D eigenvalue weighted by Crippen LogP contribution is -2.52. The van der Waals surface area contributed by atoms with Gasteiger partial charge in [0.2, 0.25) is 0 Å². The summed E-state index contributed by atoms with van der Waals surface area (Å²) in [5, 5.41) is 2.71. The zero-order valence-electron chi connectivity index (χ0n) is 16.6. The summed E-state index contributed by atoms with van der Waals surface area (Å²) >= 11 is 0. The highest BCUT2D eigenvalue weighted by atomic mass is 35.5. The molecule has 2 aliphatic rings. The van der Waals surface area contributed by atoms with Gasteiger partial charge in [-0.1, -0.05) is 30.3 Å². The molecule has 4 rings (SSSR count). The molecule has 2 aliphatic heterocycles. The Bertz CT molecular complexity index is 961. The second kappa shape index (κ2) is 9.13. The summed E-state index contributed by atoms with van der Waals surface area (Å²) in [6.07, 6.45) is 2.66. The van der Waals surface area contributed by atoms with Crippen LogP contribution < -0.4 is 5.32 Å². The second-order valence-corrected chi connectivity index (χ2v) is 9.95. The van der Waals surface area contributed by atoms with Gasteiger partial charge in [-0.3, -0.25) is 4.90 Å². The van der Waals surface area contributed by atoms with Crippen LogP contribution in [0.1, 0.15) is 29.5 Å². The van der Waals surface area contributed by atoms with E-state index in [-0.39, 0.29) is 23.2 Å². The number of sulfone groups is 1. The van der Waals surface area contributed by atoms with Gasteiger partial charge in [0.1, 0.15) is 11.2 Å². The summed E-state index contributed by atoms with van der Waals surface area (Å²) in [5.41, 5.74) is 3.08. The Morgan fingerprint density at radius 3 is 2.66 bits per heavy atom. The quantitative estimate of drug-likeness (QED) is 0.790. The standard InChI is InChI=1S/C22H27FN2O2S.ClH/c1-16-8-9-20(23)13-21(16)28(26,27)22(18-7-4-11-24-14-18)25-12-10-17-5-2-3-6-19(17)15-25;/h2-3,5-6,8-9,13,18,22,24H,4,7,10-12,14-15H2,1H3;1H. The maximum atomic E-state index is 13.9. The molecule has 29 heavy (non-hydrogen) atoms. The molecule has 0 radical (unpaired) electrons. The summed E-state index contributed by atoms with van der Waals surface area (Å²) in [7, 11) is -3.71.